The molecule has 1 aromatic heterocycles. The SMILES string of the molecule is O=C(Nc1nccs1)C(CC1CCCCC1)N1CCN(S(=O)(=O)c2cccc(Cl)c2F)CC1=O. The maximum absolute atomic E-state index is 14.4. The van der Waals surface area contributed by atoms with Crippen LogP contribution in [0.25, 0.3) is 0 Å². The van der Waals surface area contributed by atoms with Crippen molar-refractivity contribution in [3.05, 3.63) is 40.6 Å². The highest BCUT2D eigenvalue weighted by Gasteiger charge is 2.40. The van der Waals surface area contributed by atoms with E-state index < -0.39 is 39.2 Å². The van der Waals surface area contributed by atoms with E-state index in [1.165, 1.54) is 34.8 Å². The highest BCUT2D eigenvalue weighted by molar-refractivity contribution is 7.89. The number of thiazole rings is 1. The summed E-state index contributed by atoms with van der Waals surface area (Å²) in [5.41, 5.74) is 0. The topological polar surface area (TPSA) is 99.7 Å². The molecule has 1 saturated carbocycles. The average molecular weight is 529 g/mol. The quantitative estimate of drug-likeness (QED) is 0.590. The first kappa shape index (κ1) is 25.0. The van der Waals surface area contributed by atoms with Crippen molar-refractivity contribution in [1.82, 2.24) is 14.2 Å². The Morgan fingerprint density at radius 3 is 2.71 bits per heavy atom. The molecular weight excluding hydrogens is 503 g/mol. The van der Waals surface area contributed by atoms with E-state index in [1.807, 2.05) is 0 Å². The summed E-state index contributed by atoms with van der Waals surface area (Å²) in [6.07, 6.45) is 7.45. The molecule has 1 aliphatic heterocycles. The first-order chi connectivity index (χ1) is 16.3. The summed E-state index contributed by atoms with van der Waals surface area (Å²) in [5.74, 6) is -1.55. The molecule has 1 unspecified atom stereocenters. The van der Waals surface area contributed by atoms with Crippen LogP contribution in [-0.2, 0) is 19.6 Å². The number of halogens is 2. The number of carbonyl (C=O) groups is 2. The van der Waals surface area contributed by atoms with E-state index in [-0.39, 0.29) is 24.0 Å². The molecule has 2 amide bonds. The second kappa shape index (κ2) is 10.7. The Kier molecular flexibility index (Phi) is 7.86. The Morgan fingerprint density at radius 1 is 1.26 bits per heavy atom. The molecule has 2 aliphatic rings. The minimum Gasteiger partial charge on any atom is -0.328 e. The number of nitrogens with zero attached hydrogens (tertiary/aromatic N) is 3. The molecule has 2 aromatic rings. The molecule has 0 radical (unpaired) electrons. The van der Waals surface area contributed by atoms with Gasteiger partial charge in [0.25, 0.3) is 0 Å². The highest BCUT2D eigenvalue weighted by Crippen LogP contribution is 2.31. The van der Waals surface area contributed by atoms with Crippen LogP contribution in [0, 0.1) is 11.7 Å². The van der Waals surface area contributed by atoms with Gasteiger partial charge in [-0.25, -0.2) is 17.8 Å². The Morgan fingerprint density at radius 2 is 2.03 bits per heavy atom. The van der Waals surface area contributed by atoms with Crippen molar-refractivity contribution >= 4 is 49.9 Å². The number of piperazine rings is 1. The summed E-state index contributed by atoms with van der Waals surface area (Å²) in [6, 6.07) is 3.00. The number of carbonyl (C=O) groups excluding carboxylic acids is 2. The van der Waals surface area contributed by atoms with Crippen LogP contribution in [0.1, 0.15) is 38.5 Å². The van der Waals surface area contributed by atoms with Crippen molar-refractivity contribution in [1.29, 1.82) is 0 Å². The average Bonchev–Trinajstić information content (AvgIpc) is 3.33. The van der Waals surface area contributed by atoms with Crippen LogP contribution >= 0.6 is 22.9 Å². The van der Waals surface area contributed by atoms with E-state index in [2.05, 4.69) is 10.3 Å². The van der Waals surface area contributed by atoms with E-state index in [9.17, 15) is 22.4 Å². The zero-order valence-electron chi connectivity index (χ0n) is 18.5. The first-order valence-electron chi connectivity index (χ1n) is 11.2. The zero-order chi connectivity index (χ0) is 24.3. The van der Waals surface area contributed by atoms with Crippen LogP contribution in [0.3, 0.4) is 0 Å². The molecule has 4 rings (SSSR count). The van der Waals surface area contributed by atoms with Crippen molar-refractivity contribution in [2.45, 2.75) is 49.5 Å². The second-order valence-electron chi connectivity index (χ2n) is 8.56. The van der Waals surface area contributed by atoms with E-state index in [1.54, 1.807) is 11.6 Å². The zero-order valence-corrected chi connectivity index (χ0v) is 20.8. The third kappa shape index (κ3) is 5.42. The van der Waals surface area contributed by atoms with Crippen molar-refractivity contribution in [2.24, 2.45) is 5.92 Å². The molecule has 2 fully saturated rings. The first-order valence-corrected chi connectivity index (χ1v) is 13.9. The summed E-state index contributed by atoms with van der Waals surface area (Å²) >= 11 is 7.04. The van der Waals surface area contributed by atoms with Gasteiger partial charge in [-0.05, 0) is 24.5 Å². The van der Waals surface area contributed by atoms with Crippen molar-refractivity contribution < 1.29 is 22.4 Å². The van der Waals surface area contributed by atoms with E-state index >= 15 is 0 Å². The molecule has 8 nitrogen and oxygen atoms in total. The molecule has 0 spiro atoms. The Hall–Kier alpha value is -2.08. The molecule has 1 N–H and O–H groups in total. The molecule has 1 aliphatic carbocycles. The van der Waals surface area contributed by atoms with Gasteiger partial charge >= 0.3 is 0 Å². The fraction of sp³-hybridized carbons (Fsp3) is 0.500. The van der Waals surface area contributed by atoms with Gasteiger partial charge in [-0.3, -0.25) is 9.59 Å². The molecule has 184 valence electrons. The predicted octanol–water partition coefficient (Wildman–Crippen LogP) is 3.75. The van der Waals surface area contributed by atoms with Gasteiger partial charge in [-0.1, -0.05) is 49.8 Å². The fourth-order valence-electron chi connectivity index (χ4n) is 4.61. The van der Waals surface area contributed by atoms with Crippen molar-refractivity contribution in [2.75, 3.05) is 25.0 Å². The van der Waals surface area contributed by atoms with Crippen LogP contribution < -0.4 is 5.32 Å². The van der Waals surface area contributed by atoms with E-state index in [4.69, 9.17) is 11.6 Å². The normalized spacial score (nSPS) is 19.2. The number of benzene rings is 1. The number of aromatic nitrogens is 1. The number of rotatable bonds is 7. The molecule has 34 heavy (non-hydrogen) atoms. The van der Waals surface area contributed by atoms with Crippen LogP contribution in [0.2, 0.25) is 5.02 Å². The summed E-state index contributed by atoms with van der Waals surface area (Å²) in [4.78, 5) is 31.3. The smallest absolute Gasteiger partial charge is 0.248 e. The van der Waals surface area contributed by atoms with Gasteiger partial charge < -0.3 is 10.2 Å². The maximum Gasteiger partial charge on any atom is 0.248 e. The van der Waals surface area contributed by atoms with Gasteiger partial charge in [-0.15, -0.1) is 11.3 Å². The van der Waals surface area contributed by atoms with Crippen LogP contribution in [0.5, 0.6) is 0 Å². The Balaban J connectivity index is 1.52. The fourth-order valence-corrected chi connectivity index (χ4v) is 6.84. The molecule has 0 bridgehead atoms. The minimum atomic E-state index is -4.27. The molecule has 2 heterocycles. The summed E-state index contributed by atoms with van der Waals surface area (Å²) < 4.78 is 41.4. The van der Waals surface area contributed by atoms with Gasteiger partial charge in [0.15, 0.2) is 10.9 Å². The molecular formula is C22H26ClFN4O4S2. The number of hydrogen-bond donors (Lipinski definition) is 1. The molecule has 12 heteroatoms. The summed E-state index contributed by atoms with van der Waals surface area (Å²) in [6.45, 7) is -0.491. The maximum atomic E-state index is 14.4. The van der Waals surface area contributed by atoms with Crippen LogP contribution in [0.4, 0.5) is 9.52 Å². The minimum absolute atomic E-state index is 0.0307. The van der Waals surface area contributed by atoms with Gasteiger partial charge in [0.2, 0.25) is 21.8 Å². The molecule has 1 atom stereocenters. The van der Waals surface area contributed by atoms with E-state index in [0.29, 0.717) is 17.5 Å². The molecule has 1 aromatic carbocycles. The summed E-state index contributed by atoms with van der Waals surface area (Å²) in [5, 5.41) is 4.67. The van der Waals surface area contributed by atoms with Crippen molar-refractivity contribution in [3.63, 3.8) is 0 Å². The lowest BCUT2D eigenvalue weighted by Gasteiger charge is -2.39. The monoisotopic (exact) mass is 528 g/mol. The Labute approximate surface area is 207 Å². The Bertz CT molecular complexity index is 1140. The largest absolute Gasteiger partial charge is 0.328 e. The predicted molar refractivity (Wildman–Crippen MR) is 128 cm³/mol. The third-order valence-corrected chi connectivity index (χ3v) is 9.22. The number of hydrogen-bond acceptors (Lipinski definition) is 6. The third-order valence-electron chi connectivity index (χ3n) is 6.38. The van der Waals surface area contributed by atoms with Gasteiger partial charge in [0.1, 0.15) is 10.9 Å². The number of nitrogens with one attached hydrogen (secondary N) is 1. The van der Waals surface area contributed by atoms with Crippen molar-refractivity contribution in [3.8, 4) is 0 Å². The highest BCUT2D eigenvalue weighted by atomic mass is 35.5. The summed E-state index contributed by atoms with van der Waals surface area (Å²) in [7, 11) is -4.27. The number of sulfonamides is 1. The molecule has 1 saturated heterocycles. The van der Waals surface area contributed by atoms with E-state index in [0.717, 1.165) is 36.1 Å². The lowest BCUT2D eigenvalue weighted by molar-refractivity contribution is -0.142. The van der Waals surface area contributed by atoms with Gasteiger partial charge in [0.05, 0.1) is 11.6 Å². The second-order valence-corrected chi connectivity index (χ2v) is 11.8. The standard InChI is InChI=1S/C22H26ClFN4O4S2/c23-16-7-4-8-18(20(16)24)34(31,32)27-10-11-28(19(29)14-27)17(13-15-5-2-1-3-6-15)21(30)26-22-25-9-12-33-22/h4,7-9,12,15,17H,1-3,5-6,10-11,13-14H2,(H,25,26,30). The number of amides is 2. The number of anilines is 1. The van der Waals surface area contributed by atoms with Crippen LogP contribution in [0.15, 0.2) is 34.7 Å². The van der Waals surface area contributed by atoms with Crippen LogP contribution in [-0.4, -0.2) is 60.1 Å². The van der Waals surface area contributed by atoms with Gasteiger partial charge in [-0.2, -0.15) is 4.31 Å². The van der Waals surface area contributed by atoms with Gasteiger partial charge in [0, 0.05) is 24.7 Å². The lowest BCUT2D eigenvalue weighted by atomic mass is 9.84. The lowest BCUT2D eigenvalue weighted by Crippen LogP contribution is -2.58.